The lowest BCUT2D eigenvalue weighted by molar-refractivity contribution is -0.136. The third kappa shape index (κ3) is 5.87. The van der Waals surface area contributed by atoms with E-state index in [1.54, 1.807) is 0 Å². The Morgan fingerprint density at radius 1 is 1.12 bits per heavy atom. The average Bonchev–Trinajstić information content (AvgIpc) is 2.80. The first-order valence-electron chi connectivity index (χ1n) is 12.5. The molecule has 0 bridgehead atoms. The second-order valence-electron chi connectivity index (χ2n) is 10.6. The summed E-state index contributed by atoms with van der Waals surface area (Å²) >= 11 is 0. The first-order valence-corrected chi connectivity index (χ1v) is 12.5. The zero-order valence-corrected chi connectivity index (χ0v) is 20.4. The molecule has 2 aromatic rings. The van der Waals surface area contributed by atoms with Crippen molar-refractivity contribution in [1.82, 2.24) is 4.98 Å². The number of rotatable bonds is 7. The van der Waals surface area contributed by atoms with Crippen LogP contribution in [0.2, 0.25) is 0 Å². The number of aryl methyl sites for hydroxylation is 1. The van der Waals surface area contributed by atoms with Gasteiger partial charge in [-0.3, -0.25) is 9.78 Å². The summed E-state index contributed by atoms with van der Waals surface area (Å²) in [6.45, 7) is 9.20. The average molecular weight is 451 g/mol. The summed E-state index contributed by atoms with van der Waals surface area (Å²) in [6.07, 6.45) is 10.6. The molecule has 1 aliphatic heterocycles. The maximum absolute atomic E-state index is 11.7. The maximum atomic E-state index is 11.7. The molecule has 1 aliphatic carbocycles. The lowest BCUT2D eigenvalue weighted by Crippen LogP contribution is -2.38. The summed E-state index contributed by atoms with van der Waals surface area (Å²) in [5.74, 6) is 0.756. The largest absolute Gasteiger partial charge is 0.493 e. The van der Waals surface area contributed by atoms with Crippen molar-refractivity contribution in [3.63, 3.8) is 0 Å². The topological polar surface area (TPSA) is 62.7 Å². The number of carbonyl (C=O) groups is 1. The van der Waals surface area contributed by atoms with E-state index in [1.165, 1.54) is 32.1 Å². The van der Waals surface area contributed by atoms with Crippen LogP contribution in [0, 0.1) is 18.3 Å². The van der Waals surface area contributed by atoms with Gasteiger partial charge in [-0.1, -0.05) is 45.2 Å². The molecular formula is C28H38N2O3. The van der Waals surface area contributed by atoms with Crippen LogP contribution in [0.3, 0.4) is 0 Å². The van der Waals surface area contributed by atoms with Crippen molar-refractivity contribution in [1.29, 1.82) is 0 Å². The molecule has 2 aliphatic rings. The van der Waals surface area contributed by atoms with Gasteiger partial charge in [0.2, 0.25) is 0 Å². The normalized spacial score (nSPS) is 18.8. The van der Waals surface area contributed by atoms with Crippen molar-refractivity contribution in [2.24, 2.45) is 11.3 Å². The number of carboxylic acids is 1. The van der Waals surface area contributed by atoms with Crippen molar-refractivity contribution in [3.8, 4) is 16.9 Å². The number of piperidine rings is 1. The predicted octanol–water partition coefficient (Wildman–Crippen LogP) is 6.27. The number of hydrogen-bond donors (Lipinski definition) is 1. The predicted molar refractivity (Wildman–Crippen MR) is 133 cm³/mol. The van der Waals surface area contributed by atoms with E-state index < -0.39 is 5.97 Å². The zero-order chi connectivity index (χ0) is 23.4. The van der Waals surface area contributed by atoms with E-state index in [0.29, 0.717) is 11.3 Å². The van der Waals surface area contributed by atoms with E-state index in [-0.39, 0.29) is 6.42 Å². The van der Waals surface area contributed by atoms with Crippen molar-refractivity contribution >= 4 is 11.7 Å². The van der Waals surface area contributed by atoms with E-state index in [1.807, 2.05) is 25.3 Å². The molecule has 0 radical (unpaired) electrons. The minimum absolute atomic E-state index is 0.00944. The number of nitrogens with zero attached hydrogens (tertiary/aromatic N) is 2. The van der Waals surface area contributed by atoms with Crippen molar-refractivity contribution in [2.75, 3.05) is 24.6 Å². The minimum atomic E-state index is -0.818. The first-order chi connectivity index (χ1) is 15.8. The van der Waals surface area contributed by atoms with Gasteiger partial charge in [0.05, 0.1) is 18.7 Å². The zero-order valence-electron chi connectivity index (χ0n) is 20.4. The summed E-state index contributed by atoms with van der Waals surface area (Å²) in [6, 6.07) is 8.25. The van der Waals surface area contributed by atoms with Crippen LogP contribution in [0.1, 0.15) is 70.1 Å². The van der Waals surface area contributed by atoms with Gasteiger partial charge in [-0.25, -0.2) is 0 Å². The van der Waals surface area contributed by atoms with Gasteiger partial charge in [0, 0.05) is 36.1 Å². The van der Waals surface area contributed by atoms with Gasteiger partial charge in [0.1, 0.15) is 5.75 Å². The Morgan fingerprint density at radius 2 is 1.79 bits per heavy atom. The van der Waals surface area contributed by atoms with Gasteiger partial charge in [-0.05, 0) is 61.6 Å². The summed E-state index contributed by atoms with van der Waals surface area (Å²) in [5, 5.41) is 9.60. The molecule has 178 valence electrons. The van der Waals surface area contributed by atoms with Gasteiger partial charge < -0.3 is 14.7 Å². The number of carboxylic acid groups (broad SMARTS) is 1. The van der Waals surface area contributed by atoms with Crippen LogP contribution >= 0.6 is 0 Å². The molecule has 33 heavy (non-hydrogen) atoms. The molecule has 0 atom stereocenters. The van der Waals surface area contributed by atoms with Gasteiger partial charge in [0.25, 0.3) is 0 Å². The molecule has 5 nitrogen and oxygen atoms in total. The number of hydrogen-bond acceptors (Lipinski definition) is 4. The Balaban J connectivity index is 1.60. The Bertz CT molecular complexity index is 952. The summed E-state index contributed by atoms with van der Waals surface area (Å²) in [7, 11) is 0. The van der Waals surface area contributed by atoms with Crippen LogP contribution in [0.4, 0.5) is 5.69 Å². The lowest BCUT2D eigenvalue weighted by atomic mass is 9.82. The minimum Gasteiger partial charge on any atom is -0.493 e. The van der Waals surface area contributed by atoms with Crippen LogP contribution < -0.4 is 9.64 Å². The van der Waals surface area contributed by atoms with Crippen molar-refractivity contribution < 1.29 is 14.6 Å². The molecule has 5 heteroatoms. The van der Waals surface area contributed by atoms with E-state index in [2.05, 4.69) is 35.9 Å². The molecule has 0 unspecified atom stereocenters. The first kappa shape index (κ1) is 23.6. The molecule has 1 aromatic heterocycles. The van der Waals surface area contributed by atoms with Crippen LogP contribution in [0.5, 0.6) is 5.75 Å². The van der Waals surface area contributed by atoms with E-state index in [9.17, 15) is 9.90 Å². The number of aliphatic carboxylic acids is 1. The number of pyridine rings is 1. The Morgan fingerprint density at radius 3 is 2.42 bits per heavy atom. The Hall–Kier alpha value is -2.56. The fourth-order valence-electron chi connectivity index (χ4n) is 5.20. The standard InChI is InChI=1S/C28H38N2O3/c1-20-24(17-26(31)32)27(30-15-13-28(2,3)14-16-30)25(18-29-20)22-9-11-23(12-10-22)33-19-21-7-5-4-6-8-21/h9-12,18,21H,4-8,13-17,19H2,1-3H3,(H,31,32). The second-order valence-corrected chi connectivity index (χ2v) is 10.6. The summed E-state index contributed by atoms with van der Waals surface area (Å²) in [4.78, 5) is 18.7. The Labute approximate surface area is 198 Å². The highest BCUT2D eigenvalue weighted by Gasteiger charge is 2.29. The molecule has 1 N–H and O–H groups in total. The van der Waals surface area contributed by atoms with Crippen LogP contribution in [0.15, 0.2) is 30.5 Å². The highest BCUT2D eigenvalue weighted by atomic mass is 16.5. The molecule has 1 saturated carbocycles. The van der Waals surface area contributed by atoms with Crippen LogP contribution in [0.25, 0.3) is 11.1 Å². The lowest BCUT2D eigenvalue weighted by Gasteiger charge is -2.40. The molecule has 1 aromatic carbocycles. The van der Waals surface area contributed by atoms with Crippen LogP contribution in [-0.2, 0) is 11.2 Å². The monoisotopic (exact) mass is 450 g/mol. The van der Waals surface area contributed by atoms with Gasteiger partial charge in [0.15, 0.2) is 0 Å². The summed E-state index contributed by atoms with van der Waals surface area (Å²) < 4.78 is 6.10. The maximum Gasteiger partial charge on any atom is 0.307 e. The summed E-state index contributed by atoms with van der Waals surface area (Å²) in [5.41, 5.74) is 5.06. The molecule has 1 saturated heterocycles. The fraction of sp³-hybridized carbons (Fsp3) is 0.571. The van der Waals surface area contributed by atoms with Crippen LogP contribution in [-0.4, -0.2) is 35.8 Å². The van der Waals surface area contributed by atoms with Gasteiger partial charge in [-0.2, -0.15) is 0 Å². The third-order valence-electron chi connectivity index (χ3n) is 7.50. The smallest absolute Gasteiger partial charge is 0.307 e. The van der Waals surface area contributed by atoms with Crippen molar-refractivity contribution in [3.05, 3.63) is 41.7 Å². The molecule has 4 rings (SSSR count). The van der Waals surface area contributed by atoms with E-state index in [4.69, 9.17) is 4.74 Å². The molecular weight excluding hydrogens is 412 g/mol. The van der Waals surface area contributed by atoms with Gasteiger partial charge >= 0.3 is 5.97 Å². The second kappa shape index (κ2) is 10.1. The number of ether oxygens (including phenoxy) is 1. The van der Waals surface area contributed by atoms with Gasteiger partial charge in [-0.15, -0.1) is 0 Å². The quantitative estimate of drug-likeness (QED) is 0.539. The molecule has 2 fully saturated rings. The third-order valence-corrected chi connectivity index (χ3v) is 7.50. The fourth-order valence-corrected chi connectivity index (χ4v) is 5.20. The van der Waals surface area contributed by atoms with Crippen molar-refractivity contribution in [2.45, 2.75) is 72.1 Å². The highest BCUT2D eigenvalue weighted by molar-refractivity contribution is 5.84. The Kier molecular flexibility index (Phi) is 7.26. The SMILES string of the molecule is Cc1ncc(-c2ccc(OCC3CCCCC3)cc2)c(N2CCC(C)(C)CC2)c1CC(=O)O. The highest BCUT2D eigenvalue weighted by Crippen LogP contribution is 2.40. The number of anilines is 1. The van der Waals surface area contributed by atoms with E-state index >= 15 is 0 Å². The van der Waals surface area contributed by atoms with E-state index in [0.717, 1.165) is 66.4 Å². The number of aromatic nitrogens is 1. The molecule has 2 heterocycles. The molecule has 0 spiro atoms. The molecule has 0 amide bonds. The number of benzene rings is 1.